The Hall–Kier alpha value is -1.88. The lowest BCUT2D eigenvalue weighted by Gasteiger charge is -2.40. The number of rotatable bonds is 3. The molecule has 0 radical (unpaired) electrons. The molecule has 4 rings (SSSR count). The summed E-state index contributed by atoms with van der Waals surface area (Å²) in [4.78, 5) is 9.67. The smallest absolute Gasteiger partial charge is 0.137 e. The van der Waals surface area contributed by atoms with Gasteiger partial charge in [-0.25, -0.2) is 4.98 Å². The van der Waals surface area contributed by atoms with Crippen molar-refractivity contribution in [1.82, 2.24) is 19.2 Å². The zero-order chi connectivity index (χ0) is 16.5. The first kappa shape index (κ1) is 15.6. The SMILES string of the molecule is CN1CCN(Cc2cn3cc(Cl)ccc3n2)C(c2ccccc2)C1. The molecule has 4 nitrogen and oxygen atoms in total. The maximum absolute atomic E-state index is 6.07. The summed E-state index contributed by atoms with van der Waals surface area (Å²) in [6.07, 6.45) is 3.99. The molecule has 0 aliphatic carbocycles. The number of hydrogen-bond donors (Lipinski definition) is 0. The molecule has 124 valence electrons. The molecule has 1 aromatic carbocycles. The molecule has 0 spiro atoms. The zero-order valence-corrected chi connectivity index (χ0v) is 14.5. The van der Waals surface area contributed by atoms with Crippen LogP contribution in [-0.2, 0) is 6.54 Å². The Morgan fingerprint density at radius 1 is 1.08 bits per heavy atom. The largest absolute Gasteiger partial charge is 0.305 e. The summed E-state index contributed by atoms with van der Waals surface area (Å²) in [5.74, 6) is 0. The molecule has 0 amide bonds. The Bertz CT molecular complexity index is 830. The second kappa shape index (κ2) is 6.55. The molecule has 3 heterocycles. The van der Waals surface area contributed by atoms with E-state index < -0.39 is 0 Å². The summed E-state index contributed by atoms with van der Waals surface area (Å²) in [6, 6.07) is 15.0. The van der Waals surface area contributed by atoms with Crippen LogP contribution in [0.2, 0.25) is 5.02 Å². The molecule has 2 aromatic heterocycles. The molecule has 1 saturated heterocycles. The Labute approximate surface area is 147 Å². The van der Waals surface area contributed by atoms with Crippen LogP contribution in [0.25, 0.3) is 5.65 Å². The van der Waals surface area contributed by atoms with Crippen molar-refractivity contribution in [3.63, 3.8) is 0 Å². The highest BCUT2D eigenvalue weighted by Gasteiger charge is 2.27. The third kappa shape index (κ3) is 3.18. The van der Waals surface area contributed by atoms with E-state index in [4.69, 9.17) is 16.6 Å². The molecule has 0 bridgehead atoms. The Kier molecular flexibility index (Phi) is 4.27. The van der Waals surface area contributed by atoms with Crippen LogP contribution in [0.3, 0.4) is 0 Å². The van der Waals surface area contributed by atoms with E-state index in [9.17, 15) is 0 Å². The van der Waals surface area contributed by atoms with Crippen molar-refractivity contribution in [3.8, 4) is 0 Å². The fraction of sp³-hybridized carbons (Fsp3) is 0.316. The molecule has 1 atom stereocenters. The van der Waals surface area contributed by atoms with Crippen molar-refractivity contribution in [2.45, 2.75) is 12.6 Å². The predicted molar refractivity (Wildman–Crippen MR) is 97.3 cm³/mol. The predicted octanol–water partition coefficient (Wildman–Crippen LogP) is 3.48. The highest BCUT2D eigenvalue weighted by atomic mass is 35.5. The minimum Gasteiger partial charge on any atom is -0.305 e. The van der Waals surface area contributed by atoms with Gasteiger partial charge in [0.15, 0.2) is 0 Å². The lowest BCUT2D eigenvalue weighted by Crippen LogP contribution is -2.46. The Morgan fingerprint density at radius 3 is 2.75 bits per heavy atom. The minimum atomic E-state index is 0.401. The van der Waals surface area contributed by atoms with Crippen LogP contribution in [0.1, 0.15) is 17.3 Å². The molecule has 5 heteroatoms. The van der Waals surface area contributed by atoms with E-state index in [2.05, 4.69) is 53.4 Å². The molecule has 24 heavy (non-hydrogen) atoms. The average Bonchev–Trinajstić information content (AvgIpc) is 2.98. The van der Waals surface area contributed by atoms with Crippen LogP contribution in [0.15, 0.2) is 54.9 Å². The van der Waals surface area contributed by atoms with Gasteiger partial charge in [0, 0.05) is 44.6 Å². The van der Waals surface area contributed by atoms with E-state index in [1.165, 1.54) is 5.56 Å². The van der Waals surface area contributed by atoms with E-state index in [0.29, 0.717) is 6.04 Å². The van der Waals surface area contributed by atoms with Gasteiger partial charge in [-0.15, -0.1) is 0 Å². The quantitative estimate of drug-likeness (QED) is 0.729. The monoisotopic (exact) mass is 340 g/mol. The van der Waals surface area contributed by atoms with Gasteiger partial charge in [-0.3, -0.25) is 4.90 Å². The molecule has 1 aliphatic rings. The molecule has 0 saturated carbocycles. The lowest BCUT2D eigenvalue weighted by molar-refractivity contribution is 0.0824. The fourth-order valence-electron chi connectivity index (χ4n) is 3.44. The van der Waals surface area contributed by atoms with E-state index >= 15 is 0 Å². The van der Waals surface area contributed by atoms with Crippen molar-refractivity contribution in [2.75, 3.05) is 26.7 Å². The van der Waals surface area contributed by atoms with Crippen LogP contribution in [0, 0.1) is 0 Å². The summed E-state index contributed by atoms with van der Waals surface area (Å²) >= 11 is 6.07. The van der Waals surface area contributed by atoms with Crippen molar-refractivity contribution in [3.05, 3.63) is 71.1 Å². The van der Waals surface area contributed by atoms with Gasteiger partial charge < -0.3 is 9.30 Å². The Balaban J connectivity index is 1.60. The van der Waals surface area contributed by atoms with Crippen LogP contribution in [0.5, 0.6) is 0 Å². The number of likely N-dealkylation sites (N-methyl/N-ethyl adjacent to an activating group) is 1. The highest BCUT2D eigenvalue weighted by Crippen LogP contribution is 2.26. The molecular formula is C19H21ClN4. The highest BCUT2D eigenvalue weighted by molar-refractivity contribution is 6.30. The van der Waals surface area contributed by atoms with Gasteiger partial charge in [0.25, 0.3) is 0 Å². The van der Waals surface area contributed by atoms with Crippen molar-refractivity contribution < 1.29 is 0 Å². The van der Waals surface area contributed by atoms with Crippen LogP contribution in [0.4, 0.5) is 0 Å². The zero-order valence-electron chi connectivity index (χ0n) is 13.8. The van der Waals surface area contributed by atoms with Gasteiger partial charge in [-0.2, -0.15) is 0 Å². The standard InChI is InChI=1S/C19H21ClN4/c1-22-9-10-23(18(14-22)15-5-3-2-4-6-15)12-17-13-24-11-16(20)7-8-19(24)21-17/h2-8,11,13,18H,9-10,12,14H2,1H3. The Morgan fingerprint density at radius 2 is 1.92 bits per heavy atom. The lowest BCUT2D eigenvalue weighted by atomic mass is 10.0. The van der Waals surface area contributed by atoms with Crippen molar-refractivity contribution in [2.24, 2.45) is 0 Å². The maximum atomic E-state index is 6.07. The topological polar surface area (TPSA) is 23.8 Å². The number of halogens is 1. The maximum Gasteiger partial charge on any atom is 0.137 e. The average molecular weight is 341 g/mol. The summed E-state index contributed by atoms with van der Waals surface area (Å²) in [7, 11) is 2.19. The van der Waals surface area contributed by atoms with Gasteiger partial charge in [0.05, 0.1) is 10.7 Å². The first-order valence-corrected chi connectivity index (χ1v) is 8.67. The molecule has 1 aliphatic heterocycles. The van der Waals surface area contributed by atoms with Crippen molar-refractivity contribution in [1.29, 1.82) is 0 Å². The number of piperazine rings is 1. The van der Waals surface area contributed by atoms with E-state index in [1.54, 1.807) is 0 Å². The first-order valence-electron chi connectivity index (χ1n) is 8.30. The molecule has 3 aromatic rings. The number of hydrogen-bond acceptors (Lipinski definition) is 3. The van der Waals surface area contributed by atoms with Crippen LogP contribution < -0.4 is 0 Å². The number of benzene rings is 1. The second-order valence-electron chi connectivity index (χ2n) is 6.50. The van der Waals surface area contributed by atoms with Gasteiger partial charge in [0.1, 0.15) is 5.65 Å². The number of aromatic nitrogens is 2. The van der Waals surface area contributed by atoms with E-state index in [-0.39, 0.29) is 0 Å². The van der Waals surface area contributed by atoms with Gasteiger partial charge >= 0.3 is 0 Å². The van der Waals surface area contributed by atoms with Gasteiger partial charge in [-0.05, 0) is 24.7 Å². The molecular weight excluding hydrogens is 320 g/mol. The molecule has 0 N–H and O–H groups in total. The molecule has 1 fully saturated rings. The van der Waals surface area contributed by atoms with Crippen LogP contribution in [-0.4, -0.2) is 45.9 Å². The fourth-order valence-corrected chi connectivity index (χ4v) is 3.61. The van der Waals surface area contributed by atoms with Crippen molar-refractivity contribution >= 4 is 17.2 Å². The summed E-state index contributed by atoms with van der Waals surface area (Å²) in [6.45, 7) is 4.03. The molecule has 1 unspecified atom stereocenters. The number of nitrogens with zero attached hydrogens (tertiary/aromatic N) is 4. The third-order valence-electron chi connectivity index (χ3n) is 4.71. The number of imidazole rings is 1. The normalized spacial score (nSPS) is 19.8. The number of pyridine rings is 1. The third-order valence-corrected chi connectivity index (χ3v) is 4.93. The van der Waals surface area contributed by atoms with E-state index in [1.807, 2.05) is 22.7 Å². The van der Waals surface area contributed by atoms with Gasteiger partial charge in [0.2, 0.25) is 0 Å². The minimum absolute atomic E-state index is 0.401. The van der Waals surface area contributed by atoms with Crippen LogP contribution >= 0.6 is 11.6 Å². The summed E-state index contributed by atoms with van der Waals surface area (Å²) < 4.78 is 2.01. The summed E-state index contributed by atoms with van der Waals surface area (Å²) in [5.41, 5.74) is 3.40. The first-order chi connectivity index (χ1) is 11.7. The second-order valence-corrected chi connectivity index (χ2v) is 6.94. The van der Waals surface area contributed by atoms with Gasteiger partial charge in [-0.1, -0.05) is 41.9 Å². The number of fused-ring (bicyclic) bond motifs is 1. The van der Waals surface area contributed by atoms with E-state index in [0.717, 1.165) is 42.5 Å². The summed E-state index contributed by atoms with van der Waals surface area (Å²) in [5, 5.41) is 0.730.